The minimum Gasteiger partial charge on any atom is -0.489 e. The summed E-state index contributed by atoms with van der Waals surface area (Å²) >= 11 is 6.98. The first-order chi connectivity index (χ1) is 15.9. The molecule has 1 aliphatic heterocycles. The van der Waals surface area contributed by atoms with Gasteiger partial charge in [-0.25, -0.2) is 0 Å². The van der Waals surface area contributed by atoms with Gasteiger partial charge in [0.05, 0.1) is 16.4 Å². The highest BCUT2D eigenvalue weighted by molar-refractivity contribution is 8.18. The van der Waals surface area contributed by atoms with Crippen LogP contribution in [0.4, 0.5) is 10.5 Å². The molecule has 0 aromatic heterocycles. The number of rotatable bonds is 7. The zero-order valence-electron chi connectivity index (χ0n) is 17.1. The molecule has 166 valence electrons. The fraction of sp³-hybridized carbons (Fsp3) is 0.0833. The number of imide groups is 1. The first kappa shape index (κ1) is 22.6. The summed E-state index contributed by atoms with van der Waals surface area (Å²) in [5, 5.41) is 11.2. The lowest BCUT2D eigenvalue weighted by molar-refractivity contribution is -0.384. The van der Waals surface area contributed by atoms with E-state index in [2.05, 4.69) is 0 Å². The molecule has 0 N–H and O–H groups in total. The lowest BCUT2D eigenvalue weighted by Gasteiger charge is -2.12. The molecule has 4 rings (SSSR count). The molecule has 3 aromatic rings. The Hall–Kier alpha value is -3.62. The van der Waals surface area contributed by atoms with Crippen LogP contribution in [0.25, 0.3) is 6.08 Å². The third kappa shape index (κ3) is 5.42. The van der Waals surface area contributed by atoms with Crippen LogP contribution in [0, 0.1) is 10.1 Å². The van der Waals surface area contributed by atoms with Crippen molar-refractivity contribution in [2.75, 3.05) is 0 Å². The van der Waals surface area contributed by atoms with Gasteiger partial charge in [0.2, 0.25) is 0 Å². The van der Waals surface area contributed by atoms with E-state index in [-0.39, 0.29) is 17.1 Å². The van der Waals surface area contributed by atoms with Crippen LogP contribution in [0.1, 0.15) is 16.7 Å². The number of nitro benzene ring substituents is 1. The Morgan fingerprint density at radius 2 is 1.79 bits per heavy atom. The van der Waals surface area contributed by atoms with Crippen LogP contribution in [-0.4, -0.2) is 21.0 Å². The number of non-ortho nitro benzene ring substituents is 1. The zero-order valence-corrected chi connectivity index (χ0v) is 18.7. The average Bonchev–Trinajstić information content (AvgIpc) is 3.07. The molecule has 0 unspecified atom stereocenters. The molecule has 0 saturated carbocycles. The molecule has 7 nitrogen and oxygen atoms in total. The van der Waals surface area contributed by atoms with Gasteiger partial charge < -0.3 is 4.74 Å². The van der Waals surface area contributed by atoms with Gasteiger partial charge in [0.25, 0.3) is 16.8 Å². The summed E-state index contributed by atoms with van der Waals surface area (Å²) in [6, 6.07) is 20.4. The summed E-state index contributed by atoms with van der Waals surface area (Å²) in [5.74, 6) is 0.210. The third-order valence-electron chi connectivity index (χ3n) is 4.87. The number of nitrogens with zero attached hydrogens (tertiary/aromatic N) is 2. The molecule has 1 heterocycles. The zero-order chi connectivity index (χ0) is 23.4. The van der Waals surface area contributed by atoms with Gasteiger partial charge in [0.15, 0.2) is 0 Å². The Balaban J connectivity index is 1.42. The van der Waals surface area contributed by atoms with E-state index in [0.717, 1.165) is 27.8 Å². The number of thioether (sulfide) groups is 1. The van der Waals surface area contributed by atoms with Crippen molar-refractivity contribution in [3.05, 3.63) is 110 Å². The van der Waals surface area contributed by atoms with Crippen molar-refractivity contribution < 1.29 is 19.2 Å². The van der Waals surface area contributed by atoms with Gasteiger partial charge in [0.1, 0.15) is 12.4 Å². The van der Waals surface area contributed by atoms with Crippen LogP contribution in [0.15, 0.2) is 77.7 Å². The fourth-order valence-electron chi connectivity index (χ4n) is 3.18. The van der Waals surface area contributed by atoms with Crippen molar-refractivity contribution in [3.8, 4) is 5.75 Å². The largest absolute Gasteiger partial charge is 0.489 e. The van der Waals surface area contributed by atoms with Crippen LogP contribution >= 0.6 is 23.4 Å². The number of benzene rings is 3. The van der Waals surface area contributed by atoms with E-state index >= 15 is 0 Å². The van der Waals surface area contributed by atoms with Gasteiger partial charge in [-0.3, -0.25) is 24.6 Å². The van der Waals surface area contributed by atoms with E-state index in [4.69, 9.17) is 16.3 Å². The van der Waals surface area contributed by atoms with Crippen molar-refractivity contribution in [1.82, 2.24) is 4.90 Å². The molecule has 0 radical (unpaired) electrons. The first-order valence-electron chi connectivity index (χ1n) is 9.86. The third-order valence-corrected chi connectivity index (χ3v) is 6.14. The molecule has 1 saturated heterocycles. The van der Waals surface area contributed by atoms with Crippen LogP contribution in [0.3, 0.4) is 0 Å². The summed E-state index contributed by atoms with van der Waals surface area (Å²) in [6.07, 6.45) is 1.64. The van der Waals surface area contributed by atoms with Crippen molar-refractivity contribution >= 4 is 46.3 Å². The normalized spacial score (nSPS) is 14.7. The average molecular weight is 481 g/mol. The first-order valence-corrected chi connectivity index (χ1v) is 11.0. The number of halogens is 1. The van der Waals surface area contributed by atoms with Gasteiger partial charge in [-0.15, -0.1) is 0 Å². The number of hydrogen-bond acceptors (Lipinski definition) is 6. The minimum absolute atomic E-state index is 0.0293. The topological polar surface area (TPSA) is 89.8 Å². The van der Waals surface area contributed by atoms with E-state index < -0.39 is 16.1 Å². The quantitative estimate of drug-likeness (QED) is 0.232. The Morgan fingerprint density at radius 3 is 2.52 bits per heavy atom. The van der Waals surface area contributed by atoms with E-state index in [1.54, 1.807) is 42.5 Å². The molecular weight excluding hydrogens is 464 g/mol. The molecular formula is C24H17ClN2O5S. The molecule has 9 heteroatoms. The van der Waals surface area contributed by atoms with Crippen molar-refractivity contribution in [1.29, 1.82) is 0 Å². The minimum atomic E-state index is -0.515. The van der Waals surface area contributed by atoms with Gasteiger partial charge in [-0.05, 0) is 47.2 Å². The lowest BCUT2D eigenvalue weighted by atomic mass is 10.2. The highest BCUT2D eigenvalue weighted by atomic mass is 35.5. The van der Waals surface area contributed by atoms with Crippen LogP contribution < -0.4 is 4.74 Å². The van der Waals surface area contributed by atoms with Crippen LogP contribution in [-0.2, 0) is 17.9 Å². The maximum absolute atomic E-state index is 12.7. The fourth-order valence-corrected chi connectivity index (χ4v) is 4.20. The van der Waals surface area contributed by atoms with Gasteiger partial charge in [0, 0.05) is 22.7 Å². The second-order valence-electron chi connectivity index (χ2n) is 7.14. The van der Waals surface area contributed by atoms with Crippen LogP contribution in [0.2, 0.25) is 5.02 Å². The van der Waals surface area contributed by atoms with E-state index in [1.807, 2.05) is 18.2 Å². The molecule has 33 heavy (non-hydrogen) atoms. The molecule has 1 aliphatic rings. The summed E-state index contributed by atoms with van der Waals surface area (Å²) in [5.41, 5.74) is 2.03. The number of nitro groups is 1. The second kappa shape index (κ2) is 9.89. The Bertz CT molecular complexity index is 1260. The highest BCUT2D eigenvalue weighted by Gasteiger charge is 2.35. The molecule has 0 bridgehead atoms. The molecule has 1 fully saturated rings. The van der Waals surface area contributed by atoms with Gasteiger partial charge in [-0.1, -0.05) is 54.1 Å². The Morgan fingerprint density at radius 1 is 1.03 bits per heavy atom. The molecule has 0 aliphatic carbocycles. The summed E-state index contributed by atoms with van der Waals surface area (Å²) in [6.45, 7) is 0.300. The van der Waals surface area contributed by atoms with Crippen molar-refractivity contribution in [2.24, 2.45) is 0 Å². The number of ether oxygens (including phenoxy) is 1. The predicted octanol–water partition coefficient (Wildman–Crippen LogP) is 6.06. The van der Waals surface area contributed by atoms with Crippen LogP contribution in [0.5, 0.6) is 5.75 Å². The molecule has 0 spiro atoms. The maximum Gasteiger partial charge on any atom is 0.293 e. The lowest BCUT2D eigenvalue weighted by Crippen LogP contribution is -2.27. The highest BCUT2D eigenvalue weighted by Crippen LogP contribution is 2.34. The molecule has 2 amide bonds. The maximum atomic E-state index is 12.7. The number of carbonyl (C=O) groups excluding carboxylic acids is 2. The van der Waals surface area contributed by atoms with E-state index in [1.165, 1.54) is 18.2 Å². The van der Waals surface area contributed by atoms with E-state index in [0.29, 0.717) is 22.9 Å². The second-order valence-corrected chi connectivity index (χ2v) is 8.54. The number of carbonyl (C=O) groups is 2. The van der Waals surface area contributed by atoms with Gasteiger partial charge >= 0.3 is 0 Å². The van der Waals surface area contributed by atoms with Crippen molar-refractivity contribution in [3.63, 3.8) is 0 Å². The molecule has 0 atom stereocenters. The number of hydrogen-bond donors (Lipinski definition) is 0. The summed E-state index contributed by atoms with van der Waals surface area (Å²) in [4.78, 5) is 36.9. The van der Waals surface area contributed by atoms with Crippen molar-refractivity contribution in [2.45, 2.75) is 13.2 Å². The standard InChI is InChI=1S/C24H17ClN2O5S/c25-21-7-2-1-5-18(21)15-32-20-10-8-16(9-11-20)13-22-23(28)26(24(29)33-22)14-17-4-3-6-19(12-17)27(30)31/h1-13H,14-15H2/b22-13-. The summed E-state index contributed by atoms with van der Waals surface area (Å²) < 4.78 is 5.76. The Labute approximate surface area is 198 Å². The SMILES string of the molecule is O=C1S/C(=C\c2ccc(OCc3ccccc3Cl)cc2)C(=O)N1Cc1cccc([N+](=O)[O-])c1. The molecule has 3 aromatic carbocycles. The van der Waals surface area contributed by atoms with E-state index in [9.17, 15) is 19.7 Å². The predicted molar refractivity (Wildman–Crippen MR) is 127 cm³/mol. The smallest absolute Gasteiger partial charge is 0.293 e. The number of amides is 2. The summed E-state index contributed by atoms with van der Waals surface area (Å²) in [7, 11) is 0. The monoisotopic (exact) mass is 480 g/mol. The van der Waals surface area contributed by atoms with Gasteiger partial charge in [-0.2, -0.15) is 0 Å². The Kier molecular flexibility index (Phi) is 6.76.